The monoisotopic (exact) mass is 319 g/mol. The fourth-order valence-corrected chi connectivity index (χ4v) is 3.90. The van der Waals surface area contributed by atoms with Gasteiger partial charge in [0.25, 0.3) is 0 Å². The zero-order valence-electron chi connectivity index (χ0n) is 13.4. The predicted molar refractivity (Wildman–Crippen MR) is 90.4 cm³/mol. The number of hydrogen-bond donors (Lipinski definition) is 1. The number of anilines is 1. The van der Waals surface area contributed by atoms with Crippen LogP contribution in [0.3, 0.4) is 0 Å². The van der Waals surface area contributed by atoms with Crippen LogP contribution >= 0.6 is 0 Å². The number of Topliss-reactive ketones (excluding diaryl/α,β-unsaturated/α-hetero) is 1. The smallest absolute Gasteiger partial charge is 0.196 e. The number of ketones is 3. The average Bonchev–Trinajstić information content (AvgIpc) is 2.59. The number of nitrogens with two attached hydrogens (primary N) is 1. The summed E-state index contributed by atoms with van der Waals surface area (Å²) in [7, 11) is 0. The molecule has 4 nitrogen and oxygen atoms in total. The zero-order valence-corrected chi connectivity index (χ0v) is 13.4. The van der Waals surface area contributed by atoms with Crippen molar-refractivity contribution in [2.75, 3.05) is 5.73 Å². The lowest BCUT2D eigenvalue weighted by molar-refractivity contribution is -0.121. The molecule has 1 atom stereocenters. The largest absolute Gasteiger partial charge is 0.398 e. The number of nitrogen functional groups attached to an aromatic ring is 1. The number of rotatable bonds is 1. The Morgan fingerprint density at radius 3 is 2.42 bits per heavy atom. The minimum atomic E-state index is -0.186. The Morgan fingerprint density at radius 1 is 1.08 bits per heavy atom. The highest BCUT2D eigenvalue weighted by atomic mass is 16.1. The minimum absolute atomic E-state index is 0.0309. The lowest BCUT2D eigenvalue weighted by atomic mass is 9.75. The van der Waals surface area contributed by atoms with Crippen molar-refractivity contribution in [3.8, 4) is 0 Å². The Kier molecular flexibility index (Phi) is 3.17. The Balaban J connectivity index is 1.92. The van der Waals surface area contributed by atoms with Crippen LogP contribution in [0.15, 0.2) is 30.3 Å². The van der Waals surface area contributed by atoms with Crippen LogP contribution in [0.4, 0.5) is 5.69 Å². The van der Waals surface area contributed by atoms with Gasteiger partial charge in [0.05, 0.1) is 5.56 Å². The highest BCUT2D eigenvalue weighted by Crippen LogP contribution is 2.38. The van der Waals surface area contributed by atoms with E-state index in [4.69, 9.17) is 5.73 Å². The molecular weight excluding hydrogens is 302 g/mol. The van der Waals surface area contributed by atoms with Crippen molar-refractivity contribution in [1.82, 2.24) is 0 Å². The average molecular weight is 319 g/mol. The molecule has 0 aliphatic heterocycles. The van der Waals surface area contributed by atoms with Crippen molar-refractivity contribution >= 4 is 23.0 Å². The van der Waals surface area contributed by atoms with Crippen molar-refractivity contribution in [2.24, 2.45) is 5.92 Å². The number of benzene rings is 2. The molecule has 2 aliphatic rings. The Labute approximate surface area is 139 Å². The third kappa shape index (κ3) is 1.96. The predicted octanol–water partition coefficient (Wildman–Crippen LogP) is 2.74. The van der Waals surface area contributed by atoms with Crippen LogP contribution in [0.25, 0.3) is 0 Å². The molecule has 2 aromatic rings. The SMILES string of the molecule is CC(=O)C1CCc2c(cc3c(c2N)C(=O)c2ccccc2C3=O)C1. The van der Waals surface area contributed by atoms with E-state index < -0.39 is 0 Å². The summed E-state index contributed by atoms with van der Waals surface area (Å²) in [6.45, 7) is 1.60. The molecular formula is C20H17NO3. The molecule has 0 aromatic heterocycles. The highest BCUT2D eigenvalue weighted by Gasteiger charge is 2.34. The minimum Gasteiger partial charge on any atom is -0.398 e. The molecule has 0 amide bonds. The molecule has 2 aromatic carbocycles. The lowest BCUT2D eigenvalue weighted by Gasteiger charge is -2.28. The number of fused-ring (bicyclic) bond motifs is 3. The topological polar surface area (TPSA) is 77.2 Å². The van der Waals surface area contributed by atoms with Gasteiger partial charge in [-0.3, -0.25) is 14.4 Å². The van der Waals surface area contributed by atoms with Gasteiger partial charge in [0.2, 0.25) is 0 Å². The quantitative estimate of drug-likeness (QED) is 0.700. The fraction of sp³-hybridized carbons (Fsp3) is 0.250. The Morgan fingerprint density at radius 2 is 1.75 bits per heavy atom. The third-order valence-electron chi connectivity index (χ3n) is 5.24. The molecule has 1 unspecified atom stereocenters. The lowest BCUT2D eigenvalue weighted by Crippen LogP contribution is -2.27. The summed E-state index contributed by atoms with van der Waals surface area (Å²) in [6, 6.07) is 8.63. The maximum Gasteiger partial charge on any atom is 0.196 e. The molecule has 0 radical (unpaired) electrons. The van der Waals surface area contributed by atoms with E-state index >= 15 is 0 Å². The zero-order chi connectivity index (χ0) is 17.0. The van der Waals surface area contributed by atoms with Crippen molar-refractivity contribution in [3.63, 3.8) is 0 Å². The van der Waals surface area contributed by atoms with E-state index in [2.05, 4.69) is 0 Å². The normalized spacial score (nSPS) is 18.6. The summed E-state index contributed by atoms with van der Waals surface area (Å²) in [5.41, 5.74) is 10.1. The molecule has 4 heteroatoms. The van der Waals surface area contributed by atoms with Gasteiger partial charge in [0.1, 0.15) is 5.78 Å². The highest BCUT2D eigenvalue weighted by molar-refractivity contribution is 6.30. The van der Waals surface area contributed by atoms with Gasteiger partial charge < -0.3 is 5.73 Å². The number of carbonyl (C=O) groups is 3. The first kappa shape index (κ1) is 14.8. The van der Waals surface area contributed by atoms with Crippen molar-refractivity contribution < 1.29 is 14.4 Å². The van der Waals surface area contributed by atoms with Gasteiger partial charge in [0.15, 0.2) is 11.6 Å². The number of hydrogen-bond acceptors (Lipinski definition) is 4. The van der Waals surface area contributed by atoms with Crippen LogP contribution in [0.2, 0.25) is 0 Å². The second kappa shape index (κ2) is 5.13. The maximum atomic E-state index is 12.8. The van der Waals surface area contributed by atoms with E-state index in [1.807, 2.05) is 0 Å². The van der Waals surface area contributed by atoms with Gasteiger partial charge in [-0.1, -0.05) is 24.3 Å². The van der Waals surface area contributed by atoms with Gasteiger partial charge in [-0.2, -0.15) is 0 Å². The van der Waals surface area contributed by atoms with Gasteiger partial charge >= 0.3 is 0 Å². The van der Waals surface area contributed by atoms with Gasteiger partial charge in [-0.05, 0) is 43.4 Å². The molecule has 0 bridgehead atoms. The molecule has 0 fully saturated rings. The first-order valence-electron chi connectivity index (χ1n) is 8.12. The van der Waals surface area contributed by atoms with Crippen molar-refractivity contribution in [3.05, 3.63) is 63.7 Å². The van der Waals surface area contributed by atoms with Crippen molar-refractivity contribution in [2.45, 2.75) is 26.2 Å². The molecule has 0 heterocycles. The standard InChI is InChI=1S/C20H17NO3/c1-10(22)11-6-7-13-12(8-11)9-16-17(18(13)21)20(24)15-5-3-2-4-14(15)19(16)23/h2-5,9,11H,6-8,21H2,1H3. The van der Waals surface area contributed by atoms with E-state index in [1.54, 1.807) is 37.3 Å². The molecule has 0 saturated heterocycles. The van der Waals surface area contributed by atoms with E-state index in [9.17, 15) is 14.4 Å². The van der Waals surface area contributed by atoms with Crippen molar-refractivity contribution in [1.29, 1.82) is 0 Å². The molecule has 2 aliphatic carbocycles. The molecule has 24 heavy (non-hydrogen) atoms. The maximum absolute atomic E-state index is 12.8. The summed E-state index contributed by atoms with van der Waals surface area (Å²) in [5.74, 6) is -0.227. The van der Waals surface area contributed by atoms with Gasteiger partial charge in [0, 0.05) is 28.3 Å². The van der Waals surface area contributed by atoms with Crippen LogP contribution in [0.1, 0.15) is 56.3 Å². The van der Waals surface area contributed by atoms with E-state index in [0.29, 0.717) is 40.8 Å². The van der Waals surface area contributed by atoms with Crippen LogP contribution in [0.5, 0.6) is 0 Å². The summed E-state index contributed by atoms with van der Waals surface area (Å²) in [4.78, 5) is 37.4. The molecule has 2 N–H and O–H groups in total. The fourth-order valence-electron chi connectivity index (χ4n) is 3.90. The second-order valence-corrected chi connectivity index (χ2v) is 6.60. The van der Waals surface area contributed by atoms with Crippen LogP contribution < -0.4 is 5.73 Å². The molecule has 4 rings (SSSR count). The Bertz CT molecular complexity index is 927. The molecule has 0 spiro atoms. The van der Waals surface area contributed by atoms with Crippen LogP contribution in [-0.2, 0) is 17.6 Å². The summed E-state index contributed by atoms with van der Waals surface area (Å²) >= 11 is 0. The van der Waals surface area contributed by atoms with E-state index in [0.717, 1.165) is 17.5 Å². The summed E-state index contributed by atoms with van der Waals surface area (Å²) in [5, 5.41) is 0. The third-order valence-corrected chi connectivity index (χ3v) is 5.24. The summed E-state index contributed by atoms with van der Waals surface area (Å²) in [6.07, 6.45) is 2.00. The summed E-state index contributed by atoms with van der Waals surface area (Å²) < 4.78 is 0. The first-order valence-corrected chi connectivity index (χ1v) is 8.12. The van der Waals surface area contributed by atoms with E-state index in [1.165, 1.54) is 0 Å². The second-order valence-electron chi connectivity index (χ2n) is 6.60. The van der Waals surface area contributed by atoms with Gasteiger partial charge in [-0.15, -0.1) is 0 Å². The Hall–Kier alpha value is -2.75. The van der Waals surface area contributed by atoms with Crippen LogP contribution in [0, 0.1) is 5.92 Å². The van der Waals surface area contributed by atoms with E-state index in [-0.39, 0.29) is 23.3 Å². The van der Waals surface area contributed by atoms with Gasteiger partial charge in [-0.25, -0.2) is 0 Å². The van der Waals surface area contributed by atoms with Crippen LogP contribution in [-0.4, -0.2) is 17.3 Å². The molecule has 120 valence electrons. The molecule has 0 saturated carbocycles. The number of carbonyl (C=O) groups excluding carboxylic acids is 3. The first-order chi connectivity index (χ1) is 11.5.